The first kappa shape index (κ1) is 23.1. The number of aromatic nitrogens is 1. The smallest absolute Gasteiger partial charge is 0.319 e. The highest BCUT2D eigenvalue weighted by Gasteiger charge is 2.60. The highest BCUT2D eigenvalue weighted by atomic mass is 16.2. The number of hydrogen-bond donors (Lipinski definition) is 2. The van der Waals surface area contributed by atoms with E-state index < -0.39 is 5.54 Å². The number of amides is 3. The average Bonchev–Trinajstić information content (AvgIpc) is 3.38. The zero-order valence-electron chi connectivity index (χ0n) is 21.3. The first-order chi connectivity index (χ1) is 17.5. The Morgan fingerprint density at radius 1 is 1.08 bits per heavy atom. The number of anilines is 1. The zero-order chi connectivity index (χ0) is 24.9. The molecule has 188 valence electrons. The van der Waals surface area contributed by atoms with Gasteiger partial charge < -0.3 is 20.1 Å². The molecule has 1 aromatic heterocycles. The van der Waals surface area contributed by atoms with Crippen molar-refractivity contribution >= 4 is 28.5 Å². The Morgan fingerprint density at radius 3 is 2.64 bits per heavy atom. The molecule has 1 spiro atoms. The molecule has 6 rings (SSSR count). The van der Waals surface area contributed by atoms with Gasteiger partial charge in [0.1, 0.15) is 0 Å². The maximum absolute atomic E-state index is 14.7. The average molecular weight is 485 g/mol. The van der Waals surface area contributed by atoms with Crippen LogP contribution >= 0.6 is 0 Å². The largest absolute Gasteiger partial charge is 0.355 e. The van der Waals surface area contributed by atoms with Crippen LogP contribution in [0.4, 0.5) is 10.5 Å². The maximum atomic E-state index is 14.7. The van der Waals surface area contributed by atoms with E-state index in [4.69, 9.17) is 0 Å². The molecule has 6 nitrogen and oxygen atoms in total. The Kier molecular flexibility index (Phi) is 5.78. The number of H-pyrrole nitrogens is 1. The van der Waals surface area contributed by atoms with Gasteiger partial charge in [0.15, 0.2) is 5.54 Å². The van der Waals surface area contributed by atoms with Crippen molar-refractivity contribution in [3.63, 3.8) is 0 Å². The third-order valence-electron chi connectivity index (χ3n) is 8.41. The normalized spacial score (nSPS) is 21.9. The fraction of sp³-hybridized carbons (Fsp3) is 0.467. The summed E-state index contributed by atoms with van der Waals surface area (Å²) in [5.41, 5.74) is 3.68. The molecule has 3 amide bonds. The highest BCUT2D eigenvalue weighted by molar-refractivity contribution is 6.12. The number of aromatic amines is 1. The molecule has 2 aliphatic heterocycles. The third kappa shape index (κ3) is 3.45. The molecule has 3 aliphatic rings. The first-order valence-corrected chi connectivity index (χ1v) is 13.6. The molecule has 3 aromatic rings. The third-order valence-corrected chi connectivity index (χ3v) is 8.41. The van der Waals surface area contributed by atoms with Crippen LogP contribution in [-0.2, 0) is 16.8 Å². The minimum atomic E-state index is -1.18. The van der Waals surface area contributed by atoms with E-state index in [2.05, 4.69) is 36.3 Å². The molecule has 1 fully saturated rings. The number of carbonyl (C=O) groups excluding carboxylic acids is 2. The van der Waals surface area contributed by atoms with Gasteiger partial charge >= 0.3 is 6.03 Å². The van der Waals surface area contributed by atoms with Crippen molar-refractivity contribution in [3.05, 3.63) is 65.4 Å². The number of para-hydroxylation sites is 2. The Labute approximate surface area is 213 Å². The molecule has 1 aliphatic carbocycles. The van der Waals surface area contributed by atoms with Gasteiger partial charge in [0.25, 0.3) is 5.91 Å². The second kappa shape index (κ2) is 8.99. The van der Waals surface area contributed by atoms with Crippen molar-refractivity contribution in [1.82, 2.24) is 15.2 Å². The fourth-order valence-electron chi connectivity index (χ4n) is 6.59. The van der Waals surface area contributed by atoms with Gasteiger partial charge in [0.2, 0.25) is 0 Å². The van der Waals surface area contributed by atoms with Crippen LogP contribution in [0.5, 0.6) is 0 Å². The Morgan fingerprint density at radius 2 is 1.83 bits per heavy atom. The standard InChI is InChI=1S/C30H36N4O2/c1-20(2)16-18-33-26-15-9-7-13-24(26)30(28(33)35)27-23(22-12-6-8-14-25(22)32-27)17-19-34(30)29(36)31-21-10-4-3-5-11-21/h6-9,12-15,20-21,32H,3-5,10-11,16-19H2,1-2H3,(H,31,36)/t30-/m1/s1. The van der Waals surface area contributed by atoms with Crippen LogP contribution in [0.2, 0.25) is 0 Å². The Bertz CT molecular complexity index is 1310. The number of rotatable bonds is 4. The van der Waals surface area contributed by atoms with Crippen molar-refractivity contribution in [2.45, 2.75) is 70.4 Å². The van der Waals surface area contributed by atoms with E-state index in [9.17, 15) is 9.59 Å². The highest BCUT2D eigenvalue weighted by Crippen LogP contribution is 2.52. The molecule has 0 unspecified atom stereocenters. The summed E-state index contributed by atoms with van der Waals surface area (Å²) >= 11 is 0. The van der Waals surface area contributed by atoms with Crippen LogP contribution in [0.1, 0.15) is 69.2 Å². The van der Waals surface area contributed by atoms with E-state index in [1.54, 1.807) is 0 Å². The molecular formula is C30H36N4O2. The van der Waals surface area contributed by atoms with Gasteiger partial charge in [-0.3, -0.25) is 4.79 Å². The lowest BCUT2D eigenvalue weighted by Gasteiger charge is -2.44. The quantitative estimate of drug-likeness (QED) is 0.498. The number of nitrogens with one attached hydrogen (secondary N) is 2. The summed E-state index contributed by atoms with van der Waals surface area (Å²) in [6, 6.07) is 16.4. The lowest BCUT2D eigenvalue weighted by molar-refractivity contribution is -0.126. The molecule has 1 atom stereocenters. The SMILES string of the molecule is CC(C)CCN1C(=O)[C@@]2(c3ccccc31)c1[nH]c3ccccc3c1CCN2C(=O)NC1CCCCC1. The topological polar surface area (TPSA) is 68.4 Å². The van der Waals surface area contributed by atoms with E-state index in [0.717, 1.165) is 71.9 Å². The number of benzene rings is 2. The minimum Gasteiger partial charge on any atom is -0.355 e. The molecule has 3 heterocycles. The van der Waals surface area contributed by atoms with E-state index in [1.807, 2.05) is 46.2 Å². The van der Waals surface area contributed by atoms with Gasteiger partial charge in [-0.05, 0) is 49.3 Å². The van der Waals surface area contributed by atoms with E-state index in [-0.39, 0.29) is 18.0 Å². The van der Waals surface area contributed by atoms with Crippen LogP contribution in [0.25, 0.3) is 10.9 Å². The maximum Gasteiger partial charge on any atom is 0.319 e. The summed E-state index contributed by atoms with van der Waals surface area (Å²) in [6.07, 6.45) is 7.17. The number of carbonyl (C=O) groups is 2. The van der Waals surface area contributed by atoms with Gasteiger partial charge in [0, 0.05) is 35.6 Å². The van der Waals surface area contributed by atoms with Gasteiger partial charge in [-0.1, -0.05) is 69.5 Å². The molecule has 0 saturated heterocycles. The van der Waals surface area contributed by atoms with Crippen LogP contribution in [0.15, 0.2) is 48.5 Å². The van der Waals surface area contributed by atoms with E-state index in [0.29, 0.717) is 19.0 Å². The molecule has 2 N–H and O–H groups in total. The number of fused-ring (bicyclic) bond motifs is 6. The lowest BCUT2D eigenvalue weighted by atomic mass is 9.80. The minimum absolute atomic E-state index is 0.0179. The second-order valence-electron chi connectivity index (χ2n) is 11.1. The van der Waals surface area contributed by atoms with Crippen molar-refractivity contribution in [1.29, 1.82) is 0 Å². The molecule has 36 heavy (non-hydrogen) atoms. The number of urea groups is 1. The molecular weight excluding hydrogens is 448 g/mol. The Hall–Kier alpha value is -3.28. The summed E-state index contributed by atoms with van der Waals surface area (Å²) in [6.45, 7) is 5.51. The second-order valence-corrected chi connectivity index (χ2v) is 11.1. The zero-order valence-corrected chi connectivity index (χ0v) is 21.3. The molecule has 0 radical (unpaired) electrons. The van der Waals surface area contributed by atoms with Crippen LogP contribution in [0.3, 0.4) is 0 Å². The van der Waals surface area contributed by atoms with E-state index >= 15 is 0 Å². The van der Waals surface area contributed by atoms with Crippen LogP contribution in [-0.4, -0.2) is 41.0 Å². The summed E-state index contributed by atoms with van der Waals surface area (Å²) < 4.78 is 0. The van der Waals surface area contributed by atoms with Gasteiger partial charge in [-0.15, -0.1) is 0 Å². The molecule has 2 aromatic carbocycles. The number of hydrogen-bond acceptors (Lipinski definition) is 2. The van der Waals surface area contributed by atoms with E-state index in [1.165, 1.54) is 6.42 Å². The number of nitrogens with zero attached hydrogens (tertiary/aromatic N) is 2. The van der Waals surface area contributed by atoms with Gasteiger partial charge in [-0.25, -0.2) is 4.79 Å². The van der Waals surface area contributed by atoms with Crippen LogP contribution < -0.4 is 10.2 Å². The summed E-state index contributed by atoms with van der Waals surface area (Å²) in [5, 5.41) is 4.47. The monoisotopic (exact) mass is 484 g/mol. The van der Waals surface area contributed by atoms with Crippen molar-refractivity contribution < 1.29 is 9.59 Å². The van der Waals surface area contributed by atoms with Crippen LogP contribution in [0, 0.1) is 5.92 Å². The predicted octanol–water partition coefficient (Wildman–Crippen LogP) is 5.70. The summed E-state index contributed by atoms with van der Waals surface area (Å²) in [5.74, 6) is 0.456. The first-order valence-electron chi connectivity index (χ1n) is 13.6. The summed E-state index contributed by atoms with van der Waals surface area (Å²) in [7, 11) is 0. The fourth-order valence-corrected chi connectivity index (χ4v) is 6.59. The molecule has 1 saturated carbocycles. The van der Waals surface area contributed by atoms with Crippen molar-refractivity contribution in [2.24, 2.45) is 5.92 Å². The van der Waals surface area contributed by atoms with Gasteiger partial charge in [0.05, 0.1) is 11.4 Å². The van der Waals surface area contributed by atoms with Crippen molar-refractivity contribution in [2.75, 3.05) is 18.0 Å². The predicted molar refractivity (Wildman–Crippen MR) is 143 cm³/mol. The molecule has 6 heteroatoms. The molecule has 0 bridgehead atoms. The van der Waals surface area contributed by atoms with Crippen molar-refractivity contribution in [3.8, 4) is 0 Å². The Balaban J connectivity index is 1.52. The van der Waals surface area contributed by atoms with Gasteiger partial charge in [-0.2, -0.15) is 0 Å². The summed E-state index contributed by atoms with van der Waals surface area (Å²) in [4.78, 5) is 36.1. The lowest BCUT2D eigenvalue weighted by Crippen LogP contribution is -2.62.